The molecule has 10 nitrogen and oxygen atoms in total. The molecule has 1 saturated heterocycles. The van der Waals surface area contributed by atoms with E-state index < -0.39 is 12.1 Å². The molecular formula is C33H38N6O4. The summed E-state index contributed by atoms with van der Waals surface area (Å²) in [5.41, 5.74) is 4.90. The van der Waals surface area contributed by atoms with Gasteiger partial charge in [0.15, 0.2) is 0 Å². The summed E-state index contributed by atoms with van der Waals surface area (Å²) in [5.74, 6) is 0.582. The Balaban J connectivity index is 1.24. The SMILES string of the molecule is Cc1ncc(-c2cc(C)c3c(c2)c(C(C)O)nn3CC(=O)N2C3C[C@]3(C)C[C@H]2C(=O)NC(C)Cc2ccc(O)cc2)cn1. The number of rotatable bonds is 8. The van der Waals surface area contributed by atoms with Crippen LogP contribution in [0.3, 0.4) is 0 Å². The standard InChI is InChI=1S/C33H38N6O4/c1-18-10-23(24-15-34-21(4)35-16-24)12-26-30(20(3)40)37-38(31(18)26)17-29(42)39-27(13-33(5)14-28(33)39)32(43)36-19(2)11-22-6-8-25(41)9-7-22/h6-10,12,15-16,19-20,27-28,40-41H,11,13-14,17H2,1-5H3,(H,36,43)/t19?,20?,27-,28?,33-/m0/s1. The summed E-state index contributed by atoms with van der Waals surface area (Å²) in [6.07, 6.45) is 4.83. The number of amides is 2. The summed E-state index contributed by atoms with van der Waals surface area (Å²) in [5, 5.41) is 28.8. The van der Waals surface area contributed by atoms with Gasteiger partial charge in [0.2, 0.25) is 11.8 Å². The van der Waals surface area contributed by atoms with E-state index >= 15 is 0 Å². The van der Waals surface area contributed by atoms with Crippen molar-refractivity contribution < 1.29 is 19.8 Å². The molecule has 1 aliphatic heterocycles. The van der Waals surface area contributed by atoms with Crippen molar-refractivity contribution in [3.8, 4) is 16.9 Å². The van der Waals surface area contributed by atoms with Gasteiger partial charge in [0, 0.05) is 35.4 Å². The maximum atomic E-state index is 14.0. The van der Waals surface area contributed by atoms with Crippen LogP contribution in [-0.4, -0.2) is 64.8 Å². The van der Waals surface area contributed by atoms with Crippen LogP contribution < -0.4 is 5.32 Å². The smallest absolute Gasteiger partial charge is 0.245 e. The summed E-state index contributed by atoms with van der Waals surface area (Å²) >= 11 is 0. The Labute approximate surface area is 250 Å². The monoisotopic (exact) mass is 582 g/mol. The molecule has 3 heterocycles. The molecule has 0 bridgehead atoms. The minimum Gasteiger partial charge on any atom is -0.508 e. The zero-order chi connectivity index (χ0) is 30.6. The maximum absolute atomic E-state index is 14.0. The normalized spacial score (nSPS) is 22.3. The molecule has 3 N–H and O–H groups in total. The predicted octanol–water partition coefficient (Wildman–Crippen LogP) is 4.00. The molecule has 10 heteroatoms. The summed E-state index contributed by atoms with van der Waals surface area (Å²) in [4.78, 5) is 37.9. The number of piperidine rings is 1. The molecule has 224 valence electrons. The number of aryl methyl sites for hydroxylation is 2. The van der Waals surface area contributed by atoms with Gasteiger partial charge in [0.25, 0.3) is 0 Å². The number of aromatic nitrogens is 4. The second-order valence-electron chi connectivity index (χ2n) is 12.6. The van der Waals surface area contributed by atoms with Crippen LogP contribution in [0, 0.1) is 19.3 Å². The lowest BCUT2D eigenvalue weighted by atomic mass is 10.0. The lowest BCUT2D eigenvalue weighted by Crippen LogP contribution is -2.51. The number of likely N-dealkylation sites (tertiary alicyclic amines) is 1. The fourth-order valence-corrected chi connectivity index (χ4v) is 6.63. The van der Waals surface area contributed by atoms with Crippen molar-refractivity contribution >= 4 is 22.7 Å². The van der Waals surface area contributed by atoms with E-state index in [4.69, 9.17) is 5.10 Å². The highest BCUT2D eigenvalue weighted by Crippen LogP contribution is 2.59. The zero-order valence-electron chi connectivity index (χ0n) is 25.2. The maximum Gasteiger partial charge on any atom is 0.245 e. The number of hydrogen-bond acceptors (Lipinski definition) is 7. The third kappa shape index (κ3) is 5.47. The first-order chi connectivity index (χ1) is 20.4. The molecule has 2 aromatic heterocycles. The Kier molecular flexibility index (Phi) is 7.20. The number of aliphatic hydroxyl groups excluding tert-OH is 1. The van der Waals surface area contributed by atoms with Gasteiger partial charge >= 0.3 is 0 Å². The Morgan fingerprint density at radius 3 is 2.44 bits per heavy atom. The molecule has 1 saturated carbocycles. The third-order valence-corrected chi connectivity index (χ3v) is 8.95. The summed E-state index contributed by atoms with van der Waals surface area (Å²) in [6.45, 7) is 9.52. The van der Waals surface area contributed by atoms with E-state index in [0.29, 0.717) is 24.4 Å². The highest BCUT2D eigenvalue weighted by molar-refractivity contribution is 5.93. The van der Waals surface area contributed by atoms with Gasteiger partial charge in [-0.05, 0) is 93.3 Å². The number of nitrogens with zero attached hydrogens (tertiary/aromatic N) is 5. The Hall–Kier alpha value is -4.31. The summed E-state index contributed by atoms with van der Waals surface area (Å²) in [6, 6.07) is 10.3. The summed E-state index contributed by atoms with van der Waals surface area (Å²) in [7, 11) is 0. The van der Waals surface area contributed by atoms with Gasteiger partial charge in [0.05, 0.1) is 17.3 Å². The largest absolute Gasteiger partial charge is 0.508 e. The van der Waals surface area contributed by atoms with Gasteiger partial charge in [-0.15, -0.1) is 0 Å². The van der Waals surface area contributed by atoms with Crippen molar-refractivity contribution in [1.82, 2.24) is 30.0 Å². The van der Waals surface area contributed by atoms with Crippen molar-refractivity contribution in [1.29, 1.82) is 0 Å². The van der Waals surface area contributed by atoms with E-state index in [-0.39, 0.29) is 41.6 Å². The van der Waals surface area contributed by atoms with E-state index in [9.17, 15) is 19.8 Å². The summed E-state index contributed by atoms with van der Waals surface area (Å²) < 4.78 is 1.67. The Morgan fingerprint density at radius 1 is 1.07 bits per heavy atom. The van der Waals surface area contributed by atoms with Crippen LogP contribution in [0.4, 0.5) is 0 Å². The minimum absolute atomic E-state index is 0.0236. The number of fused-ring (bicyclic) bond motifs is 2. The van der Waals surface area contributed by atoms with Crippen molar-refractivity contribution in [3.63, 3.8) is 0 Å². The number of aliphatic hydroxyl groups is 1. The van der Waals surface area contributed by atoms with Gasteiger partial charge in [-0.1, -0.05) is 19.1 Å². The Morgan fingerprint density at radius 2 is 1.77 bits per heavy atom. The average molecular weight is 583 g/mol. The van der Waals surface area contributed by atoms with E-state index in [2.05, 4.69) is 22.2 Å². The highest BCUT2D eigenvalue weighted by atomic mass is 16.3. The highest BCUT2D eigenvalue weighted by Gasteiger charge is 2.64. The number of phenols is 1. The molecule has 6 rings (SSSR count). The van der Waals surface area contributed by atoms with Gasteiger partial charge in [-0.2, -0.15) is 5.10 Å². The molecular weight excluding hydrogens is 544 g/mol. The first kappa shape index (κ1) is 28.8. The van der Waals surface area contributed by atoms with Gasteiger partial charge < -0.3 is 20.4 Å². The lowest BCUT2D eigenvalue weighted by Gasteiger charge is -2.28. The van der Waals surface area contributed by atoms with E-state index in [1.165, 1.54) is 0 Å². The van der Waals surface area contributed by atoms with Crippen LogP contribution in [0.15, 0.2) is 48.8 Å². The van der Waals surface area contributed by atoms with Crippen molar-refractivity contribution in [2.45, 2.75) is 84.7 Å². The molecule has 1 aliphatic carbocycles. The number of aromatic hydroxyl groups is 1. The molecule has 3 unspecified atom stereocenters. The first-order valence-corrected chi connectivity index (χ1v) is 14.8. The molecule has 2 fully saturated rings. The zero-order valence-corrected chi connectivity index (χ0v) is 25.2. The van der Waals surface area contributed by atoms with Gasteiger partial charge in [0.1, 0.15) is 24.2 Å². The van der Waals surface area contributed by atoms with Crippen LogP contribution in [0.2, 0.25) is 0 Å². The van der Waals surface area contributed by atoms with Crippen LogP contribution in [0.25, 0.3) is 22.0 Å². The quantitative estimate of drug-likeness (QED) is 0.286. The fourth-order valence-electron chi connectivity index (χ4n) is 6.63. The number of nitrogens with one attached hydrogen (secondary N) is 1. The van der Waals surface area contributed by atoms with E-state index in [1.54, 1.807) is 41.0 Å². The average Bonchev–Trinajstić information content (AvgIpc) is 3.30. The van der Waals surface area contributed by atoms with E-state index in [1.807, 2.05) is 45.0 Å². The van der Waals surface area contributed by atoms with Crippen LogP contribution in [0.5, 0.6) is 5.75 Å². The first-order valence-electron chi connectivity index (χ1n) is 14.8. The van der Waals surface area contributed by atoms with Gasteiger partial charge in [-0.25, -0.2) is 9.97 Å². The second kappa shape index (κ2) is 10.8. The molecule has 43 heavy (non-hydrogen) atoms. The van der Waals surface area contributed by atoms with Crippen LogP contribution >= 0.6 is 0 Å². The Bertz CT molecular complexity index is 1700. The molecule has 2 aromatic carbocycles. The molecule has 4 aromatic rings. The minimum atomic E-state index is -0.838. The molecule has 5 atom stereocenters. The van der Waals surface area contributed by atoms with Crippen molar-refractivity contribution in [2.75, 3.05) is 0 Å². The third-order valence-electron chi connectivity index (χ3n) is 8.95. The number of hydrogen-bond donors (Lipinski definition) is 3. The number of benzene rings is 2. The predicted molar refractivity (Wildman–Crippen MR) is 162 cm³/mol. The number of carbonyl (C=O) groups is 2. The number of carbonyl (C=O) groups excluding carboxylic acids is 2. The van der Waals surface area contributed by atoms with E-state index in [0.717, 1.165) is 39.6 Å². The number of phenolic OH excluding ortho intramolecular Hbond substituents is 1. The van der Waals surface area contributed by atoms with Gasteiger partial charge in [-0.3, -0.25) is 14.3 Å². The molecule has 2 aliphatic rings. The van der Waals surface area contributed by atoms with Crippen LogP contribution in [0.1, 0.15) is 62.4 Å². The van der Waals surface area contributed by atoms with Crippen molar-refractivity contribution in [3.05, 3.63) is 71.4 Å². The molecule has 2 amide bonds. The lowest BCUT2D eigenvalue weighted by molar-refractivity contribution is -0.140. The molecule has 0 spiro atoms. The molecule has 0 radical (unpaired) electrons. The topological polar surface area (TPSA) is 133 Å². The fraction of sp³-hybridized carbons (Fsp3) is 0.424. The van der Waals surface area contributed by atoms with Crippen LogP contribution in [-0.2, 0) is 22.6 Å². The van der Waals surface area contributed by atoms with Crippen molar-refractivity contribution in [2.24, 2.45) is 5.41 Å². The second-order valence-corrected chi connectivity index (χ2v) is 12.6.